The molecule has 0 spiro atoms. The number of carbonyl (C=O) groups is 1. The number of alkyl halides is 3. The lowest BCUT2D eigenvalue weighted by Gasteiger charge is -2.30. The summed E-state index contributed by atoms with van der Waals surface area (Å²) in [6, 6.07) is 3.86. The molecule has 2 N–H and O–H groups in total. The Bertz CT molecular complexity index is 760. The van der Waals surface area contributed by atoms with E-state index in [4.69, 9.17) is 5.26 Å². The van der Waals surface area contributed by atoms with E-state index >= 15 is 0 Å². The first-order valence-corrected chi connectivity index (χ1v) is 7.46. The largest absolute Gasteiger partial charge is 0.417 e. The molecule has 0 aromatic heterocycles. The molecule has 1 aromatic carbocycles. The van der Waals surface area contributed by atoms with Crippen LogP contribution in [0.25, 0.3) is 0 Å². The van der Waals surface area contributed by atoms with Crippen LogP contribution in [-0.2, 0) is 11.0 Å². The number of nitrogens with zero attached hydrogens (tertiary/aromatic N) is 3. The monoisotopic (exact) mass is 338 g/mol. The zero-order chi connectivity index (χ0) is 17.2. The molecule has 9 heteroatoms. The van der Waals surface area contributed by atoms with Gasteiger partial charge in [-0.15, -0.1) is 0 Å². The van der Waals surface area contributed by atoms with Crippen LogP contribution in [0, 0.1) is 11.3 Å². The molecule has 6 nitrogen and oxygen atoms in total. The quantitative estimate of drug-likeness (QED) is 0.785. The Balaban J connectivity index is 1.75. The molecule has 0 saturated carbocycles. The molecule has 2 bridgehead atoms. The summed E-state index contributed by atoms with van der Waals surface area (Å²) in [6.07, 6.45) is -5.28. The third-order valence-electron chi connectivity index (χ3n) is 4.96. The van der Waals surface area contributed by atoms with E-state index < -0.39 is 35.6 Å². The number of nitrogens with one attached hydrogen (secondary N) is 1. The minimum atomic E-state index is -4.72. The molecular weight excluding hydrogens is 325 g/mol. The molecule has 3 aliphatic rings. The number of rotatable bonds is 1. The lowest BCUT2D eigenvalue weighted by atomic mass is 10.1. The fourth-order valence-electron chi connectivity index (χ4n) is 3.95. The molecule has 126 valence electrons. The number of aliphatic hydroxyl groups is 1. The van der Waals surface area contributed by atoms with Crippen molar-refractivity contribution in [2.24, 2.45) is 0 Å². The second-order valence-corrected chi connectivity index (χ2v) is 6.19. The first kappa shape index (κ1) is 15.4. The Labute approximate surface area is 135 Å². The molecule has 1 amide bonds. The Morgan fingerprint density at radius 3 is 2.75 bits per heavy atom. The zero-order valence-electron chi connectivity index (χ0n) is 12.3. The molecule has 0 aliphatic carbocycles. The summed E-state index contributed by atoms with van der Waals surface area (Å²) < 4.78 is 39.4. The topological polar surface area (TPSA) is 79.6 Å². The molecule has 3 unspecified atom stereocenters. The lowest BCUT2D eigenvalue weighted by molar-refractivity contribution is -0.137. The third-order valence-corrected chi connectivity index (χ3v) is 4.96. The average molecular weight is 338 g/mol. The Morgan fingerprint density at radius 2 is 2.12 bits per heavy atom. The maximum Gasteiger partial charge on any atom is 0.417 e. The zero-order valence-corrected chi connectivity index (χ0v) is 12.3. The van der Waals surface area contributed by atoms with E-state index in [1.54, 1.807) is 4.90 Å². The van der Waals surface area contributed by atoms with Gasteiger partial charge in [-0.1, -0.05) is 0 Å². The summed E-state index contributed by atoms with van der Waals surface area (Å²) in [4.78, 5) is 15.3. The van der Waals surface area contributed by atoms with E-state index in [1.165, 1.54) is 12.1 Å². The highest BCUT2D eigenvalue weighted by Gasteiger charge is 2.59. The number of aliphatic hydroxyl groups excluding tert-OH is 1. The van der Waals surface area contributed by atoms with Crippen molar-refractivity contribution in [3.63, 3.8) is 0 Å². The number of hydrogen-bond acceptors (Lipinski definition) is 5. The maximum absolute atomic E-state index is 13.1. The molecule has 4 rings (SSSR count). The van der Waals surface area contributed by atoms with Crippen LogP contribution in [0.1, 0.15) is 17.5 Å². The third kappa shape index (κ3) is 1.97. The van der Waals surface area contributed by atoms with Gasteiger partial charge in [0.1, 0.15) is 6.04 Å². The predicted molar refractivity (Wildman–Crippen MR) is 75.5 cm³/mol. The maximum atomic E-state index is 13.1. The smallest absolute Gasteiger partial charge is 0.360 e. The van der Waals surface area contributed by atoms with E-state index in [-0.39, 0.29) is 17.8 Å². The molecule has 0 radical (unpaired) electrons. The van der Waals surface area contributed by atoms with Gasteiger partial charge in [0, 0.05) is 24.3 Å². The first-order valence-electron chi connectivity index (χ1n) is 7.46. The van der Waals surface area contributed by atoms with Gasteiger partial charge >= 0.3 is 6.18 Å². The Kier molecular flexibility index (Phi) is 3.16. The summed E-state index contributed by atoms with van der Waals surface area (Å²) in [5.74, 6) is -0.431. The number of fused-ring (bicyclic) bond motifs is 5. The number of piperazine rings is 1. The van der Waals surface area contributed by atoms with Gasteiger partial charge in [-0.05, 0) is 24.6 Å². The summed E-state index contributed by atoms with van der Waals surface area (Å²) >= 11 is 0. The number of nitriles is 1. The Morgan fingerprint density at radius 1 is 1.38 bits per heavy atom. The molecule has 1 aromatic rings. The predicted octanol–water partition coefficient (Wildman–Crippen LogP) is 0.614. The summed E-state index contributed by atoms with van der Waals surface area (Å²) in [5.41, 5.74) is -1.70. The van der Waals surface area contributed by atoms with Crippen molar-refractivity contribution in [1.29, 1.82) is 5.26 Å². The molecule has 24 heavy (non-hydrogen) atoms. The van der Waals surface area contributed by atoms with Crippen LogP contribution < -0.4 is 10.2 Å². The number of hydrogen-bond donors (Lipinski definition) is 2. The van der Waals surface area contributed by atoms with Gasteiger partial charge in [-0.25, -0.2) is 4.90 Å². The second kappa shape index (κ2) is 4.92. The fourth-order valence-corrected chi connectivity index (χ4v) is 3.95. The SMILES string of the molecule is N#Cc1ccc(N2C(=O)[C@H]3C4CC(CN4)N3C2O)cc1C(F)(F)F. The van der Waals surface area contributed by atoms with Crippen LogP contribution in [0.5, 0.6) is 0 Å². The standard InChI is InChI=1S/C15H13F3N4O2/c16-15(17,18)10-3-8(2-1-7(10)5-19)22-13(23)12-11-4-9(6-20-11)21(12)14(22)24/h1-3,9,11-12,14,20,24H,4,6H2/t9?,11?,12-,14?/m1/s1. The van der Waals surface area contributed by atoms with Crippen molar-refractivity contribution in [3.8, 4) is 6.07 Å². The van der Waals surface area contributed by atoms with Crippen molar-refractivity contribution in [1.82, 2.24) is 10.2 Å². The average Bonchev–Trinajstić information content (AvgIpc) is 3.20. The normalized spacial score (nSPS) is 32.3. The van der Waals surface area contributed by atoms with Gasteiger partial charge in [-0.3, -0.25) is 9.69 Å². The van der Waals surface area contributed by atoms with Crippen molar-refractivity contribution >= 4 is 11.6 Å². The van der Waals surface area contributed by atoms with Crippen LogP contribution in [-0.4, -0.2) is 46.9 Å². The van der Waals surface area contributed by atoms with Gasteiger partial charge in [-0.2, -0.15) is 18.4 Å². The number of anilines is 1. The molecule has 3 saturated heterocycles. The summed E-state index contributed by atoms with van der Waals surface area (Å²) in [5, 5.41) is 22.5. The van der Waals surface area contributed by atoms with E-state index in [0.29, 0.717) is 6.54 Å². The van der Waals surface area contributed by atoms with E-state index in [9.17, 15) is 23.1 Å². The minimum Gasteiger partial charge on any atom is -0.360 e. The van der Waals surface area contributed by atoms with E-state index in [0.717, 1.165) is 23.5 Å². The highest BCUT2D eigenvalue weighted by molar-refractivity contribution is 6.00. The molecule has 4 atom stereocenters. The second-order valence-electron chi connectivity index (χ2n) is 6.19. The summed E-state index contributed by atoms with van der Waals surface area (Å²) in [6.45, 7) is 0.639. The highest BCUT2D eigenvalue weighted by atomic mass is 19.4. The lowest BCUT2D eigenvalue weighted by Crippen LogP contribution is -2.52. The van der Waals surface area contributed by atoms with Gasteiger partial charge in [0.15, 0.2) is 6.35 Å². The fraction of sp³-hybridized carbons (Fsp3) is 0.467. The van der Waals surface area contributed by atoms with Crippen molar-refractivity contribution in [3.05, 3.63) is 29.3 Å². The van der Waals surface area contributed by atoms with Crippen LogP contribution in [0.15, 0.2) is 18.2 Å². The van der Waals surface area contributed by atoms with Gasteiger partial charge in [0.2, 0.25) is 5.91 Å². The molecule has 3 heterocycles. The van der Waals surface area contributed by atoms with Crippen LogP contribution in [0.3, 0.4) is 0 Å². The Hall–Kier alpha value is -2.15. The summed E-state index contributed by atoms with van der Waals surface area (Å²) in [7, 11) is 0. The van der Waals surface area contributed by atoms with Gasteiger partial charge in [0.05, 0.1) is 17.2 Å². The van der Waals surface area contributed by atoms with Crippen molar-refractivity contribution in [2.45, 2.75) is 37.1 Å². The van der Waals surface area contributed by atoms with Gasteiger partial charge < -0.3 is 10.4 Å². The first-order chi connectivity index (χ1) is 11.3. The van der Waals surface area contributed by atoms with Crippen molar-refractivity contribution in [2.75, 3.05) is 11.4 Å². The molecule has 3 aliphatic heterocycles. The number of benzene rings is 1. The van der Waals surface area contributed by atoms with Crippen molar-refractivity contribution < 1.29 is 23.1 Å². The van der Waals surface area contributed by atoms with E-state index in [1.807, 2.05) is 0 Å². The minimum absolute atomic E-state index is 0.00980. The van der Waals surface area contributed by atoms with Crippen LogP contribution in [0.4, 0.5) is 18.9 Å². The molecule has 3 fully saturated rings. The van der Waals surface area contributed by atoms with E-state index in [2.05, 4.69) is 5.32 Å². The molecular formula is C15H13F3N4O2. The van der Waals surface area contributed by atoms with Gasteiger partial charge in [0.25, 0.3) is 0 Å². The number of amides is 1. The highest BCUT2D eigenvalue weighted by Crippen LogP contribution is 2.41. The number of carbonyl (C=O) groups excluding carboxylic acids is 1. The number of halogens is 3. The van der Waals surface area contributed by atoms with Crippen LogP contribution >= 0.6 is 0 Å². The van der Waals surface area contributed by atoms with Crippen LogP contribution in [0.2, 0.25) is 0 Å².